The first kappa shape index (κ1) is 13.8. The van der Waals surface area contributed by atoms with Crippen molar-refractivity contribution in [2.75, 3.05) is 7.05 Å². The van der Waals surface area contributed by atoms with Crippen molar-refractivity contribution < 1.29 is 0 Å². The van der Waals surface area contributed by atoms with Gasteiger partial charge in [-0.25, -0.2) is 9.97 Å². The van der Waals surface area contributed by atoms with Crippen LogP contribution in [0, 0.1) is 13.8 Å². The first-order valence-corrected chi connectivity index (χ1v) is 7.15. The largest absolute Gasteiger partial charge is 0.341 e. The van der Waals surface area contributed by atoms with Crippen molar-refractivity contribution in [3.63, 3.8) is 0 Å². The van der Waals surface area contributed by atoms with Crippen LogP contribution in [0.15, 0.2) is 24.3 Å². The lowest BCUT2D eigenvalue weighted by molar-refractivity contribution is 0.300. The van der Waals surface area contributed by atoms with Crippen LogP contribution in [0.3, 0.4) is 0 Å². The van der Waals surface area contributed by atoms with Crippen molar-refractivity contribution in [3.8, 4) is 0 Å². The van der Waals surface area contributed by atoms with Crippen LogP contribution >= 0.6 is 0 Å². The SMILES string of the molecule is Cc1nc(CN(C)Cc2nc3ccccc3[nH]2)n(C)c1C. The molecule has 2 heterocycles. The van der Waals surface area contributed by atoms with E-state index >= 15 is 0 Å². The summed E-state index contributed by atoms with van der Waals surface area (Å²) in [6, 6.07) is 8.11. The van der Waals surface area contributed by atoms with E-state index in [-0.39, 0.29) is 0 Å². The number of hydrogen-bond acceptors (Lipinski definition) is 3. The number of fused-ring (bicyclic) bond motifs is 1. The Morgan fingerprint density at radius 2 is 1.90 bits per heavy atom. The maximum Gasteiger partial charge on any atom is 0.123 e. The summed E-state index contributed by atoms with van der Waals surface area (Å²) in [6.45, 7) is 5.74. The number of nitrogens with one attached hydrogen (secondary N) is 1. The zero-order chi connectivity index (χ0) is 15.0. The van der Waals surface area contributed by atoms with Crippen LogP contribution in [-0.2, 0) is 20.1 Å². The number of aryl methyl sites for hydroxylation is 1. The molecule has 110 valence electrons. The monoisotopic (exact) mass is 283 g/mol. The third kappa shape index (κ3) is 2.69. The topological polar surface area (TPSA) is 49.7 Å². The molecule has 5 heteroatoms. The van der Waals surface area contributed by atoms with Crippen LogP contribution in [-0.4, -0.2) is 31.5 Å². The molecule has 1 N–H and O–H groups in total. The Labute approximate surface area is 124 Å². The summed E-state index contributed by atoms with van der Waals surface area (Å²) in [5, 5.41) is 0. The van der Waals surface area contributed by atoms with E-state index in [1.165, 1.54) is 5.69 Å². The summed E-state index contributed by atoms with van der Waals surface area (Å²) in [5.74, 6) is 2.07. The second kappa shape index (κ2) is 5.33. The molecule has 0 fully saturated rings. The lowest BCUT2D eigenvalue weighted by Gasteiger charge is -2.14. The minimum atomic E-state index is 0.777. The van der Waals surface area contributed by atoms with Crippen LogP contribution in [0.2, 0.25) is 0 Å². The number of aromatic amines is 1. The first-order valence-electron chi connectivity index (χ1n) is 7.15. The average Bonchev–Trinajstić information content (AvgIpc) is 2.95. The number of benzene rings is 1. The predicted octanol–water partition coefficient (Wildman–Crippen LogP) is 2.55. The van der Waals surface area contributed by atoms with Crippen molar-refractivity contribution in [2.24, 2.45) is 7.05 Å². The van der Waals surface area contributed by atoms with E-state index in [1.54, 1.807) is 0 Å². The summed E-state index contributed by atoms with van der Waals surface area (Å²) in [5.41, 5.74) is 4.43. The molecule has 0 aliphatic carbocycles. The lowest BCUT2D eigenvalue weighted by atomic mass is 10.3. The van der Waals surface area contributed by atoms with Crippen molar-refractivity contribution in [1.82, 2.24) is 24.4 Å². The van der Waals surface area contributed by atoms with Crippen LogP contribution in [0.1, 0.15) is 23.0 Å². The molecule has 0 saturated heterocycles. The highest BCUT2D eigenvalue weighted by Gasteiger charge is 2.11. The fourth-order valence-electron chi connectivity index (χ4n) is 2.56. The molecule has 3 aromatic rings. The lowest BCUT2D eigenvalue weighted by Crippen LogP contribution is -2.20. The fraction of sp³-hybridized carbons (Fsp3) is 0.375. The molecule has 0 unspecified atom stereocenters. The van der Waals surface area contributed by atoms with E-state index in [9.17, 15) is 0 Å². The van der Waals surface area contributed by atoms with Gasteiger partial charge in [0.2, 0.25) is 0 Å². The molecular weight excluding hydrogens is 262 g/mol. The number of imidazole rings is 2. The van der Waals surface area contributed by atoms with Gasteiger partial charge in [0, 0.05) is 12.7 Å². The van der Waals surface area contributed by atoms with Gasteiger partial charge in [-0.3, -0.25) is 4.90 Å². The van der Waals surface area contributed by atoms with E-state index in [1.807, 2.05) is 18.2 Å². The fourth-order valence-corrected chi connectivity index (χ4v) is 2.56. The third-order valence-electron chi connectivity index (χ3n) is 3.98. The summed E-state index contributed by atoms with van der Waals surface area (Å²) < 4.78 is 2.16. The van der Waals surface area contributed by atoms with E-state index in [0.29, 0.717) is 0 Å². The Balaban J connectivity index is 1.73. The Bertz CT molecular complexity index is 735. The molecule has 3 rings (SSSR count). The number of hydrogen-bond donors (Lipinski definition) is 1. The molecule has 0 spiro atoms. The summed E-state index contributed by atoms with van der Waals surface area (Å²) in [7, 11) is 4.16. The highest BCUT2D eigenvalue weighted by atomic mass is 15.2. The summed E-state index contributed by atoms with van der Waals surface area (Å²) >= 11 is 0. The number of para-hydroxylation sites is 2. The third-order valence-corrected chi connectivity index (χ3v) is 3.98. The normalized spacial score (nSPS) is 11.7. The molecule has 1 aromatic carbocycles. The minimum Gasteiger partial charge on any atom is -0.341 e. The first-order chi connectivity index (χ1) is 10.0. The molecule has 0 atom stereocenters. The number of H-pyrrole nitrogens is 1. The van der Waals surface area contributed by atoms with E-state index in [2.05, 4.69) is 58.4 Å². The van der Waals surface area contributed by atoms with Gasteiger partial charge in [0.15, 0.2) is 0 Å². The van der Waals surface area contributed by atoms with Gasteiger partial charge in [-0.05, 0) is 33.0 Å². The molecule has 0 amide bonds. The Hall–Kier alpha value is -2.14. The Morgan fingerprint density at radius 1 is 1.14 bits per heavy atom. The van der Waals surface area contributed by atoms with E-state index < -0.39 is 0 Å². The van der Waals surface area contributed by atoms with Gasteiger partial charge < -0.3 is 9.55 Å². The van der Waals surface area contributed by atoms with Gasteiger partial charge in [-0.1, -0.05) is 12.1 Å². The number of aromatic nitrogens is 4. The molecule has 0 radical (unpaired) electrons. The Morgan fingerprint density at radius 3 is 2.57 bits per heavy atom. The standard InChI is InChI=1S/C16H21N5/c1-11-12(2)21(4)16(17-11)10-20(3)9-15-18-13-7-5-6-8-14(13)19-15/h5-8H,9-10H2,1-4H3,(H,18,19). The van der Waals surface area contributed by atoms with Crippen molar-refractivity contribution >= 4 is 11.0 Å². The molecule has 5 nitrogen and oxygen atoms in total. The van der Waals surface area contributed by atoms with Crippen molar-refractivity contribution in [1.29, 1.82) is 0 Å². The minimum absolute atomic E-state index is 0.777. The van der Waals surface area contributed by atoms with Gasteiger partial charge in [-0.15, -0.1) is 0 Å². The number of nitrogens with zero attached hydrogens (tertiary/aromatic N) is 4. The summed E-state index contributed by atoms with van der Waals surface area (Å²) in [6.07, 6.45) is 0. The van der Waals surface area contributed by atoms with Gasteiger partial charge in [-0.2, -0.15) is 0 Å². The maximum absolute atomic E-state index is 4.62. The molecule has 0 aliphatic rings. The van der Waals surface area contributed by atoms with Crippen LogP contribution in [0.25, 0.3) is 11.0 Å². The van der Waals surface area contributed by atoms with Crippen LogP contribution in [0.5, 0.6) is 0 Å². The number of rotatable bonds is 4. The van der Waals surface area contributed by atoms with E-state index in [4.69, 9.17) is 0 Å². The average molecular weight is 283 g/mol. The maximum atomic E-state index is 4.62. The highest BCUT2D eigenvalue weighted by Crippen LogP contribution is 2.13. The molecule has 0 aliphatic heterocycles. The van der Waals surface area contributed by atoms with Crippen molar-refractivity contribution in [2.45, 2.75) is 26.9 Å². The smallest absolute Gasteiger partial charge is 0.123 e. The molecule has 2 aromatic heterocycles. The zero-order valence-electron chi connectivity index (χ0n) is 13.0. The second-order valence-corrected chi connectivity index (χ2v) is 5.63. The molecule has 21 heavy (non-hydrogen) atoms. The van der Waals surface area contributed by atoms with Crippen molar-refractivity contribution in [3.05, 3.63) is 47.3 Å². The van der Waals surface area contributed by atoms with E-state index in [0.717, 1.165) is 41.5 Å². The highest BCUT2D eigenvalue weighted by molar-refractivity contribution is 5.74. The molecule has 0 bridgehead atoms. The molecular formula is C16H21N5. The van der Waals surface area contributed by atoms with Crippen LogP contribution in [0.4, 0.5) is 0 Å². The van der Waals surface area contributed by atoms with Gasteiger partial charge in [0.25, 0.3) is 0 Å². The molecule has 0 saturated carbocycles. The summed E-state index contributed by atoms with van der Waals surface area (Å²) in [4.78, 5) is 14.8. The quantitative estimate of drug-likeness (QED) is 0.800. The predicted molar refractivity (Wildman–Crippen MR) is 83.9 cm³/mol. The van der Waals surface area contributed by atoms with Gasteiger partial charge in [0.05, 0.1) is 29.8 Å². The van der Waals surface area contributed by atoms with Crippen LogP contribution < -0.4 is 0 Å². The zero-order valence-corrected chi connectivity index (χ0v) is 13.0. The second-order valence-electron chi connectivity index (χ2n) is 5.63. The van der Waals surface area contributed by atoms with Gasteiger partial charge >= 0.3 is 0 Å². The Kier molecular flexibility index (Phi) is 3.51. The van der Waals surface area contributed by atoms with Gasteiger partial charge in [0.1, 0.15) is 11.6 Å².